The van der Waals surface area contributed by atoms with Gasteiger partial charge in [0.15, 0.2) is 11.5 Å². The molecule has 0 saturated heterocycles. The number of rotatable bonds is 6. The SMILES string of the molecule is CN(CC(=O)NCc1cccc2c1OCCO2)S(=O)(=O)c1ccc(Cl)s1. The quantitative estimate of drug-likeness (QED) is 0.779. The number of fused-ring (bicyclic) bond motifs is 1. The Bertz CT molecular complexity index is 913. The van der Waals surface area contributed by atoms with Gasteiger partial charge in [-0.15, -0.1) is 11.3 Å². The lowest BCUT2D eigenvalue weighted by molar-refractivity contribution is -0.121. The number of benzene rings is 1. The zero-order chi connectivity index (χ0) is 18.7. The van der Waals surface area contributed by atoms with Crippen molar-refractivity contribution in [3.8, 4) is 11.5 Å². The van der Waals surface area contributed by atoms with Crippen LogP contribution in [0.25, 0.3) is 0 Å². The third-order valence-corrected chi connectivity index (χ3v) is 7.21. The molecule has 0 spiro atoms. The molecule has 0 bridgehead atoms. The van der Waals surface area contributed by atoms with Crippen molar-refractivity contribution in [2.24, 2.45) is 0 Å². The standard InChI is InChI=1S/C16H17ClN2O5S2/c1-19(26(21,22)15-6-5-13(17)25-15)10-14(20)18-9-11-3-2-4-12-16(11)24-8-7-23-12/h2-6H,7-10H2,1H3,(H,18,20). The van der Waals surface area contributed by atoms with Gasteiger partial charge in [0.25, 0.3) is 10.0 Å². The zero-order valence-electron chi connectivity index (χ0n) is 13.9. The first-order valence-electron chi connectivity index (χ1n) is 7.74. The molecule has 1 N–H and O–H groups in total. The minimum atomic E-state index is -3.75. The second kappa shape index (κ2) is 7.83. The molecule has 2 heterocycles. The number of para-hydroxylation sites is 1. The lowest BCUT2D eigenvalue weighted by Crippen LogP contribution is -2.38. The zero-order valence-corrected chi connectivity index (χ0v) is 16.3. The second-order valence-corrected chi connectivity index (χ2v) is 9.52. The van der Waals surface area contributed by atoms with Crippen molar-refractivity contribution in [1.82, 2.24) is 9.62 Å². The summed E-state index contributed by atoms with van der Waals surface area (Å²) >= 11 is 6.74. The van der Waals surface area contributed by atoms with Crippen LogP contribution in [-0.4, -0.2) is 45.4 Å². The van der Waals surface area contributed by atoms with Crippen LogP contribution in [0.1, 0.15) is 5.56 Å². The molecule has 10 heteroatoms. The van der Waals surface area contributed by atoms with Gasteiger partial charge >= 0.3 is 0 Å². The fourth-order valence-electron chi connectivity index (χ4n) is 2.40. The number of carbonyl (C=O) groups excluding carboxylic acids is 1. The molecule has 0 saturated carbocycles. The Hall–Kier alpha value is -1.81. The average Bonchev–Trinajstić information content (AvgIpc) is 3.07. The highest BCUT2D eigenvalue weighted by Gasteiger charge is 2.25. The number of ether oxygens (including phenoxy) is 2. The molecule has 26 heavy (non-hydrogen) atoms. The summed E-state index contributed by atoms with van der Waals surface area (Å²) in [5.41, 5.74) is 0.770. The number of halogens is 1. The first kappa shape index (κ1) is 19.0. The number of nitrogens with zero attached hydrogens (tertiary/aromatic N) is 1. The smallest absolute Gasteiger partial charge is 0.252 e. The Kier molecular flexibility index (Phi) is 5.71. The Morgan fingerprint density at radius 2 is 2.04 bits per heavy atom. The molecule has 0 radical (unpaired) electrons. The van der Waals surface area contributed by atoms with Gasteiger partial charge in [0.1, 0.15) is 17.4 Å². The molecule has 0 unspecified atom stereocenters. The predicted molar refractivity (Wildman–Crippen MR) is 98.4 cm³/mol. The van der Waals surface area contributed by atoms with Crippen LogP contribution in [0.2, 0.25) is 4.34 Å². The van der Waals surface area contributed by atoms with Gasteiger partial charge in [-0.2, -0.15) is 4.31 Å². The summed E-state index contributed by atoms with van der Waals surface area (Å²) < 4.78 is 37.4. The van der Waals surface area contributed by atoms with Gasteiger partial charge in [-0.3, -0.25) is 4.79 Å². The molecule has 1 aromatic heterocycles. The number of hydrogen-bond donors (Lipinski definition) is 1. The van der Waals surface area contributed by atoms with Crippen molar-refractivity contribution in [3.63, 3.8) is 0 Å². The Morgan fingerprint density at radius 3 is 2.77 bits per heavy atom. The van der Waals surface area contributed by atoms with E-state index < -0.39 is 15.9 Å². The number of amides is 1. The van der Waals surface area contributed by atoms with Gasteiger partial charge in [-0.25, -0.2) is 8.42 Å². The Morgan fingerprint density at radius 1 is 1.27 bits per heavy atom. The van der Waals surface area contributed by atoms with Gasteiger partial charge in [0, 0.05) is 19.2 Å². The molecule has 1 aliphatic heterocycles. The monoisotopic (exact) mass is 416 g/mol. The predicted octanol–water partition coefficient (Wildman–Crippen LogP) is 2.11. The highest BCUT2D eigenvalue weighted by atomic mass is 35.5. The van der Waals surface area contributed by atoms with Crippen molar-refractivity contribution in [2.75, 3.05) is 26.8 Å². The number of thiophene rings is 1. The third kappa shape index (κ3) is 4.12. The topological polar surface area (TPSA) is 84.9 Å². The molecule has 3 rings (SSSR count). The first-order chi connectivity index (χ1) is 12.4. The van der Waals surface area contributed by atoms with Crippen LogP contribution < -0.4 is 14.8 Å². The van der Waals surface area contributed by atoms with Gasteiger partial charge in [0.05, 0.1) is 10.9 Å². The van der Waals surface area contributed by atoms with Crippen LogP contribution in [0.5, 0.6) is 11.5 Å². The maximum Gasteiger partial charge on any atom is 0.252 e. The fraction of sp³-hybridized carbons (Fsp3) is 0.312. The molecule has 7 nitrogen and oxygen atoms in total. The lowest BCUT2D eigenvalue weighted by Gasteiger charge is -2.21. The summed E-state index contributed by atoms with van der Waals surface area (Å²) in [5, 5.41) is 2.71. The fourth-order valence-corrected chi connectivity index (χ4v) is 5.22. The van der Waals surface area contributed by atoms with Crippen molar-refractivity contribution >= 4 is 38.9 Å². The van der Waals surface area contributed by atoms with E-state index in [2.05, 4.69) is 5.32 Å². The van der Waals surface area contributed by atoms with E-state index >= 15 is 0 Å². The van der Waals surface area contributed by atoms with Crippen molar-refractivity contribution in [2.45, 2.75) is 10.8 Å². The summed E-state index contributed by atoms with van der Waals surface area (Å²) in [7, 11) is -2.40. The van der Waals surface area contributed by atoms with Gasteiger partial charge in [-0.05, 0) is 18.2 Å². The maximum atomic E-state index is 12.4. The molecule has 140 valence electrons. The average molecular weight is 417 g/mol. The largest absolute Gasteiger partial charge is 0.486 e. The van der Waals surface area contributed by atoms with Crippen LogP contribution in [0.15, 0.2) is 34.5 Å². The van der Waals surface area contributed by atoms with Crippen LogP contribution in [0.4, 0.5) is 0 Å². The first-order valence-corrected chi connectivity index (χ1v) is 10.4. The molecule has 1 amide bonds. The van der Waals surface area contributed by atoms with Gasteiger partial charge in [-0.1, -0.05) is 23.7 Å². The molecule has 2 aromatic rings. The van der Waals surface area contributed by atoms with E-state index in [1.54, 1.807) is 6.07 Å². The van der Waals surface area contributed by atoms with Crippen LogP contribution in [0.3, 0.4) is 0 Å². The van der Waals surface area contributed by atoms with Crippen LogP contribution in [0, 0.1) is 0 Å². The van der Waals surface area contributed by atoms with E-state index in [9.17, 15) is 13.2 Å². The highest BCUT2D eigenvalue weighted by Crippen LogP contribution is 2.33. The van der Waals surface area contributed by atoms with Crippen molar-refractivity contribution < 1.29 is 22.7 Å². The Labute approximate surface area is 160 Å². The second-order valence-electron chi connectivity index (χ2n) is 5.54. The van der Waals surface area contributed by atoms with Crippen LogP contribution >= 0.6 is 22.9 Å². The summed E-state index contributed by atoms with van der Waals surface area (Å²) in [6.07, 6.45) is 0. The molecule has 0 fully saturated rings. The van der Waals surface area contributed by atoms with E-state index in [1.165, 1.54) is 19.2 Å². The summed E-state index contributed by atoms with van der Waals surface area (Å²) in [4.78, 5) is 12.2. The number of sulfonamides is 1. The summed E-state index contributed by atoms with van der Waals surface area (Å²) in [6.45, 7) is 0.842. The van der Waals surface area contributed by atoms with Gasteiger partial charge < -0.3 is 14.8 Å². The van der Waals surface area contributed by atoms with Crippen molar-refractivity contribution in [3.05, 3.63) is 40.2 Å². The van der Waals surface area contributed by atoms with Crippen molar-refractivity contribution in [1.29, 1.82) is 0 Å². The summed E-state index contributed by atoms with van der Waals surface area (Å²) in [5.74, 6) is 0.818. The van der Waals surface area contributed by atoms with E-state index in [0.29, 0.717) is 29.0 Å². The highest BCUT2D eigenvalue weighted by molar-refractivity contribution is 7.91. The maximum absolute atomic E-state index is 12.4. The van der Waals surface area contributed by atoms with Crippen LogP contribution in [-0.2, 0) is 21.4 Å². The number of likely N-dealkylation sites (N-methyl/N-ethyl adjacent to an activating group) is 1. The molecular weight excluding hydrogens is 400 g/mol. The minimum absolute atomic E-state index is 0.0977. The summed E-state index contributed by atoms with van der Waals surface area (Å²) in [6, 6.07) is 8.36. The number of carbonyl (C=O) groups is 1. The number of hydrogen-bond acceptors (Lipinski definition) is 6. The number of nitrogens with one attached hydrogen (secondary N) is 1. The Balaban J connectivity index is 1.61. The molecule has 0 atom stereocenters. The lowest BCUT2D eigenvalue weighted by atomic mass is 10.1. The molecule has 1 aromatic carbocycles. The molecule has 0 aliphatic carbocycles. The molecular formula is C16H17ClN2O5S2. The minimum Gasteiger partial charge on any atom is -0.486 e. The van der Waals surface area contributed by atoms with E-state index in [4.69, 9.17) is 21.1 Å². The van der Waals surface area contributed by atoms with E-state index in [0.717, 1.165) is 21.2 Å². The third-order valence-electron chi connectivity index (χ3n) is 3.70. The molecule has 1 aliphatic rings. The van der Waals surface area contributed by atoms with E-state index in [-0.39, 0.29) is 17.3 Å². The van der Waals surface area contributed by atoms with E-state index in [1.807, 2.05) is 12.1 Å². The normalized spacial score (nSPS) is 13.7. The van der Waals surface area contributed by atoms with Gasteiger partial charge in [0.2, 0.25) is 5.91 Å².